The first-order valence-corrected chi connectivity index (χ1v) is 11.8. The van der Waals surface area contributed by atoms with Crippen molar-refractivity contribution in [3.63, 3.8) is 0 Å². The Hall–Kier alpha value is -3.95. The molecule has 0 aliphatic carbocycles. The van der Waals surface area contributed by atoms with Gasteiger partial charge in [-0.15, -0.1) is 5.10 Å². The molecule has 1 aliphatic heterocycles. The van der Waals surface area contributed by atoms with Crippen molar-refractivity contribution < 1.29 is 14.0 Å². The van der Waals surface area contributed by atoms with Crippen LogP contribution in [-0.2, 0) is 4.79 Å². The Morgan fingerprint density at radius 2 is 1.89 bits per heavy atom. The highest BCUT2D eigenvalue weighted by molar-refractivity contribution is 6.46. The summed E-state index contributed by atoms with van der Waals surface area (Å²) in [4.78, 5) is 32.7. The van der Waals surface area contributed by atoms with Gasteiger partial charge in [-0.1, -0.05) is 50.1 Å². The summed E-state index contributed by atoms with van der Waals surface area (Å²) >= 11 is 0. The van der Waals surface area contributed by atoms with Gasteiger partial charge in [0.1, 0.15) is 17.2 Å². The summed E-state index contributed by atoms with van der Waals surface area (Å²) in [5.41, 5.74) is 1.21. The highest BCUT2D eigenvalue weighted by Gasteiger charge is 2.45. The van der Waals surface area contributed by atoms with Gasteiger partial charge in [0.05, 0.1) is 6.04 Å². The predicted octanol–water partition coefficient (Wildman–Crippen LogP) is 4.53. The molecule has 0 fully saturated rings. The lowest BCUT2D eigenvalue weighted by molar-refractivity contribution is -0.130. The molecule has 0 saturated heterocycles. The number of rotatable bonds is 7. The van der Waals surface area contributed by atoms with E-state index in [1.807, 2.05) is 26.0 Å². The zero-order valence-corrected chi connectivity index (χ0v) is 21.0. The summed E-state index contributed by atoms with van der Waals surface area (Å²) in [7, 11) is 0. The van der Waals surface area contributed by atoms with E-state index in [1.165, 1.54) is 12.1 Å². The van der Waals surface area contributed by atoms with Crippen molar-refractivity contribution in [1.29, 1.82) is 0 Å². The third-order valence-electron chi connectivity index (χ3n) is 6.10. The molecular weight excluding hydrogens is 461 g/mol. The second kappa shape index (κ2) is 9.60. The summed E-state index contributed by atoms with van der Waals surface area (Å²) in [6, 6.07) is 12.8. The molecule has 9 nitrogen and oxygen atoms in total. The number of benzene rings is 2. The highest BCUT2D eigenvalue weighted by Crippen LogP contribution is 2.39. The summed E-state index contributed by atoms with van der Waals surface area (Å²) in [5.74, 6) is -0.955. The first-order valence-electron chi connectivity index (χ1n) is 11.8. The van der Waals surface area contributed by atoms with Gasteiger partial charge in [0.15, 0.2) is 0 Å². The maximum absolute atomic E-state index is 13.9. The van der Waals surface area contributed by atoms with Gasteiger partial charge < -0.3 is 4.90 Å². The Morgan fingerprint density at radius 3 is 2.50 bits per heavy atom. The predicted molar refractivity (Wildman–Crippen MR) is 134 cm³/mol. The molecule has 0 bridgehead atoms. The molecule has 2 heterocycles. The van der Waals surface area contributed by atoms with Crippen LogP contribution >= 0.6 is 0 Å². The van der Waals surface area contributed by atoms with E-state index in [2.05, 4.69) is 46.7 Å². The van der Waals surface area contributed by atoms with Crippen LogP contribution in [0.5, 0.6) is 0 Å². The molecule has 0 spiro atoms. The van der Waals surface area contributed by atoms with Crippen molar-refractivity contribution in [2.75, 3.05) is 5.32 Å². The van der Waals surface area contributed by atoms with Crippen LogP contribution in [0.3, 0.4) is 0 Å². The van der Waals surface area contributed by atoms with E-state index < -0.39 is 11.5 Å². The summed E-state index contributed by atoms with van der Waals surface area (Å²) < 4.78 is 13.9. The third-order valence-corrected chi connectivity index (χ3v) is 6.10. The SMILES string of the molecule is CC(C)(C)CCC(c1ccc(C(=O)Nc2nn[nH]n2)cc1)N1C(=O)C(c2cccc(F)c2)=NC1(C)C. The van der Waals surface area contributed by atoms with Gasteiger partial charge in [-0.2, -0.15) is 5.21 Å². The molecule has 0 radical (unpaired) electrons. The number of aromatic amines is 1. The molecule has 1 aliphatic rings. The number of halogens is 1. The number of aromatic nitrogens is 4. The van der Waals surface area contributed by atoms with E-state index in [9.17, 15) is 14.0 Å². The Morgan fingerprint density at radius 1 is 1.17 bits per heavy atom. The Labute approximate surface area is 209 Å². The topological polar surface area (TPSA) is 116 Å². The van der Waals surface area contributed by atoms with E-state index >= 15 is 0 Å². The maximum Gasteiger partial charge on any atom is 0.275 e. The number of tetrazole rings is 1. The Kier molecular flexibility index (Phi) is 6.71. The number of carbonyl (C=O) groups is 2. The third kappa shape index (κ3) is 5.48. The maximum atomic E-state index is 13.9. The van der Waals surface area contributed by atoms with Crippen molar-refractivity contribution >= 4 is 23.5 Å². The van der Waals surface area contributed by atoms with Crippen LogP contribution in [0, 0.1) is 11.2 Å². The highest BCUT2D eigenvalue weighted by atomic mass is 19.1. The lowest BCUT2D eigenvalue weighted by atomic mass is 9.86. The zero-order chi connectivity index (χ0) is 26.1. The lowest BCUT2D eigenvalue weighted by Gasteiger charge is -2.38. The number of nitrogens with zero attached hydrogens (tertiary/aromatic N) is 5. The van der Waals surface area contributed by atoms with Gasteiger partial charge in [-0.25, -0.2) is 4.39 Å². The molecular formula is C26H30FN7O2. The average molecular weight is 492 g/mol. The Balaban J connectivity index is 1.64. The van der Waals surface area contributed by atoms with Crippen LogP contribution in [-0.4, -0.2) is 48.7 Å². The largest absolute Gasteiger partial charge is 0.306 e. The first-order chi connectivity index (χ1) is 16.9. The first kappa shape index (κ1) is 25.2. The molecule has 3 aromatic rings. The van der Waals surface area contributed by atoms with Gasteiger partial charge in [-0.05, 0) is 67.1 Å². The van der Waals surface area contributed by atoms with E-state index in [0.29, 0.717) is 17.5 Å². The number of hydrogen-bond acceptors (Lipinski definition) is 6. The van der Waals surface area contributed by atoms with Gasteiger partial charge in [-0.3, -0.25) is 19.9 Å². The summed E-state index contributed by atoms with van der Waals surface area (Å²) in [6.07, 6.45) is 1.55. The summed E-state index contributed by atoms with van der Waals surface area (Å²) in [6.45, 7) is 10.2. The molecule has 10 heteroatoms. The minimum Gasteiger partial charge on any atom is -0.306 e. The molecule has 2 amide bonds. The van der Waals surface area contributed by atoms with Crippen molar-refractivity contribution in [3.05, 3.63) is 71.0 Å². The smallest absolute Gasteiger partial charge is 0.275 e. The zero-order valence-electron chi connectivity index (χ0n) is 21.0. The van der Waals surface area contributed by atoms with Crippen molar-refractivity contribution in [2.24, 2.45) is 10.4 Å². The molecule has 0 saturated carbocycles. The number of H-pyrrole nitrogens is 1. The van der Waals surface area contributed by atoms with Crippen molar-refractivity contribution in [1.82, 2.24) is 25.5 Å². The van der Waals surface area contributed by atoms with Crippen molar-refractivity contribution in [3.8, 4) is 0 Å². The number of hydrogen-bond donors (Lipinski definition) is 2. The molecule has 188 valence electrons. The molecule has 1 atom stereocenters. The van der Waals surface area contributed by atoms with E-state index in [0.717, 1.165) is 12.0 Å². The fourth-order valence-corrected chi connectivity index (χ4v) is 4.34. The lowest BCUT2D eigenvalue weighted by Crippen LogP contribution is -2.45. The molecule has 1 unspecified atom stereocenters. The Bertz CT molecular complexity index is 1280. The number of anilines is 1. The van der Waals surface area contributed by atoms with Crippen LogP contribution in [0.25, 0.3) is 0 Å². The summed E-state index contributed by atoms with van der Waals surface area (Å²) in [5, 5.41) is 15.7. The van der Waals surface area contributed by atoms with E-state index in [1.54, 1.807) is 29.2 Å². The fourth-order valence-electron chi connectivity index (χ4n) is 4.34. The van der Waals surface area contributed by atoms with Gasteiger partial charge in [0, 0.05) is 11.1 Å². The second-order valence-corrected chi connectivity index (χ2v) is 10.6. The van der Waals surface area contributed by atoms with Crippen LogP contribution in [0.1, 0.15) is 75.0 Å². The van der Waals surface area contributed by atoms with Gasteiger partial charge in [0.2, 0.25) is 0 Å². The van der Waals surface area contributed by atoms with Crippen LogP contribution in [0.15, 0.2) is 53.5 Å². The van der Waals surface area contributed by atoms with Crippen LogP contribution in [0.2, 0.25) is 0 Å². The number of aliphatic imine (C=N–C) groups is 1. The standard InChI is InChI=1S/C26H30FN7O2/c1-25(2,3)14-13-20(16-9-11-17(12-10-16)22(35)28-24-30-32-33-31-24)34-23(36)21(29-26(34,4)5)18-7-6-8-19(27)15-18/h6-12,15,20H,13-14H2,1-5H3,(H2,28,30,31,32,33,35). The number of carbonyl (C=O) groups excluding carboxylic acids is 2. The molecule has 2 aromatic carbocycles. The minimum atomic E-state index is -0.837. The van der Waals surface area contributed by atoms with E-state index in [4.69, 9.17) is 4.99 Å². The van der Waals surface area contributed by atoms with Crippen LogP contribution in [0.4, 0.5) is 10.3 Å². The number of nitrogens with one attached hydrogen (secondary N) is 2. The molecule has 4 rings (SSSR count). The minimum absolute atomic E-state index is 0.0435. The fraction of sp³-hybridized carbons (Fsp3) is 0.385. The number of amides is 2. The molecule has 1 aromatic heterocycles. The average Bonchev–Trinajstić information content (AvgIpc) is 3.40. The monoisotopic (exact) mass is 491 g/mol. The second-order valence-electron chi connectivity index (χ2n) is 10.6. The van der Waals surface area contributed by atoms with E-state index in [-0.39, 0.29) is 34.9 Å². The molecule has 36 heavy (non-hydrogen) atoms. The normalized spacial score (nSPS) is 16.1. The quantitative estimate of drug-likeness (QED) is 0.504. The van der Waals surface area contributed by atoms with Crippen molar-refractivity contribution in [2.45, 2.75) is 59.2 Å². The van der Waals surface area contributed by atoms with Crippen LogP contribution < -0.4 is 5.32 Å². The van der Waals surface area contributed by atoms with Gasteiger partial charge in [0.25, 0.3) is 17.8 Å². The molecule has 2 N–H and O–H groups in total. The van der Waals surface area contributed by atoms with Gasteiger partial charge >= 0.3 is 0 Å².